The monoisotopic (exact) mass is 272 g/mol. The van der Waals surface area contributed by atoms with Crippen molar-refractivity contribution in [3.05, 3.63) is 47.8 Å². The van der Waals surface area contributed by atoms with Crippen molar-refractivity contribution in [2.24, 2.45) is 0 Å². The number of hydrogen-bond donors (Lipinski definition) is 0. The lowest BCUT2D eigenvalue weighted by Gasteiger charge is -2.13. The van der Waals surface area contributed by atoms with Gasteiger partial charge < -0.3 is 14.1 Å². The molecule has 1 heterocycles. The van der Waals surface area contributed by atoms with Gasteiger partial charge in [0, 0.05) is 5.46 Å². The molecule has 0 atom stereocenters. The van der Waals surface area contributed by atoms with E-state index in [0.717, 1.165) is 28.0 Å². The van der Waals surface area contributed by atoms with Crippen molar-refractivity contribution in [3.63, 3.8) is 0 Å². The summed E-state index contributed by atoms with van der Waals surface area (Å²) in [6.07, 6.45) is 0. The van der Waals surface area contributed by atoms with Crippen molar-refractivity contribution < 1.29 is 18.5 Å². The first kappa shape index (κ1) is 13.0. The molecule has 0 aromatic heterocycles. The van der Waals surface area contributed by atoms with Gasteiger partial charge in [-0.2, -0.15) is 0 Å². The van der Waals surface area contributed by atoms with Gasteiger partial charge in [0.25, 0.3) is 0 Å². The fourth-order valence-electron chi connectivity index (χ4n) is 2.52. The van der Waals surface area contributed by atoms with Crippen LogP contribution in [0.15, 0.2) is 36.4 Å². The van der Waals surface area contributed by atoms with E-state index in [4.69, 9.17) is 14.1 Å². The highest BCUT2D eigenvalue weighted by molar-refractivity contribution is 6.81. The Morgan fingerprint density at radius 3 is 2.65 bits per heavy atom. The van der Waals surface area contributed by atoms with Gasteiger partial charge in [0.15, 0.2) is 0 Å². The second kappa shape index (κ2) is 5.17. The molecule has 0 radical (unpaired) electrons. The predicted molar refractivity (Wildman–Crippen MR) is 75.8 cm³/mol. The number of methoxy groups -OCH3 is 2. The molecule has 0 saturated carbocycles. The fraction of sp³-hybridized carbons (Fsp3) is 0.200. The first-order chi connectivity index (χ1) is 9.72. The van der Waals surface area contributed by atoms with E-state index < -0.39 is 0 Å². The summed E-state index contributed by atoms with van der Waals surface area (Å²) in [5.74, 6) is 1.22. The molecular weight excluding hydrogens is 258 g/mol. The van der Waals surface area contributed by atoms with E-state index in [1.807, 2.05) is 18.2 Å². The highest BCUT2D eigenvalue weighted by Crippen LogP contribution is 2.20. The summed E-state index contributed by atoms with van der Waals surface area (Å²) in [6.45, 7) is 0.147. The maximum absolute atomic E-state index is 13.3. The molecular formula is C15H14BFO3. The average molecular weight is 272 g/mol. The molecule has 3 nitrogen and oxygen atoms in total. The van der Waals surface area contributed by atoms with Crippen LogP contribution in [-0.4, -0.2) is 21.1 Å². The second-order valence-corrected chi connectivity index (χ2v) is 4.64. The Labute approximate surface area is 117 Å². The summed E-state index contributed by atoms with van der Waals surface area (Å²) in [5.41, 5.74) is 2.73. The van der Waals surface area contributed by atoms with Crippen LogP contribution in [0.2, 0.25) is 0 Å². The van der Waals surface area contributed by atoms with Crippen molar-refractivity contribution in [1.82, 2.24) is 0 Å². The van der Waals surface area contributed by atoms with Crippen LogP contribution >= 0.6 is 0 Å². The topological polar surface area (TPSA) is 27.7 Å². The molecule has 2 aromatic carbocycles. The third kappa shape index (κ3) is 2.14. The Balaban J connectivity index is 2.07. The van der Waals surface area contributed by atoms with Gasteiger partial charge in [0.1, 0.15) is 17.3 Å². The van der Waals surface area contributed by atoms with Crippen LogP contribution in [0, 0.1) is 5.82 Å². The lowest BCUT2D eigenvalue weighted by molar-refractivity contribution is 0.335. The van der Waals surface area contributed by atoms with Crippen LogP contribution < -0.4 is 20.4 Å². The molecule has 3 rings (SSSR count). The molecule has 102 valence electrons. The van der Waals surface area contributed by atoms with Gasteiger partial charge in [-0.05, 0) is 41.4 Å². The minimum absolute atomic E-state index is 0.245. The first-order valence-corrected chi connectivity index (χ1v) is 6.35. The van der Waals surface area contributed by atoms with Crippen molar-refractivity contribution in [3.8, 4) is 11.5 Å². The zero-order valence-electron chi connectivity index (χ0n) is 11.4. The molecule has 0 saturated heterocycles. The summed E-state index contributed by atoms with van der Waals surface area (Å²) in [5, 5.41) is 0. The minimum atomic E-state index is -0.254. The highest BCUT2D eigenvalue weighted by Gasteiger charge is 2.32. The predicted octanol–water partition coefficient (Wildman–Crippen LogP) is 1.48. The van der Waals surface area contributed by atoms with E-state index >= 15 is 0 Å². The molecule has 2 aromatic rings. The summed E-state index contributed by atoms with van der Waals surface area (Å²) in [6, 6.07) is 10.3. The van der Waals surface area contributed by atoms with Gasteiger partial charge in [0.2, 0.25) is 0 Å². The fourth-order valence-corrected chi connectivity index (χ4v) is 2.52. The molecule has 0 fully saturated rings. The van der Waals surface area contributed by atoms with E-state index in [0.29, 0.717) is 6.61 Å². The quantitative estimate of drug-likeness (QED) is 0.792. The van der Waals surface area contributed by atoms with Gasteiger partial charge in [-0.1, -0.05) is 6.07 Å². The minimum Gasteiger partial charge on any atom is -0.497 e. The van der Waals surface area contributed by atoms with Crippen LogP contribution in [0.25, 0.3) is 0 Å². The molecule has 0 amide bonds. The van der Waals surface area contributed by atoms with E-state index in [-0.39, 0.29) is 12.7 Å². The number of hydrogen-bond acceptors (Lipinski definition) is 3. The summed E-state index contributed by atoms with van der Waals surface area (Å²) >= 11 is 0. The number of ether oxygens (including phenoxy) is 2. The molecule has 5 heteroatoms. The normalized spacial score (nSPS) is 13.2. The van der Waals surface area contributed by atoms with Crippen LogP contribution in [-0.2, 0) is 11.3 Å². The third-order valence-electron chi connectivity index (χ3n) is 3.51. The van der Waals surface area contributed by atoms with Gasteiger partial charge in [-0.3, -0.25) is 0 Å². The Morgan fingerprint density at radius 1 is 1.05 bits per heavy atom. The van der Waals surface area contributed by atoms with Gasteiger partial charge in [0.05, 0.1) is 20.8 Å². The van der Waals surface area contributed by atoms with Gasteiger partial charge >= 0.3 is 6.92 Å². The lowest BCUT2D eigenvalue weighted by Crippen LogP contribution is -2.42. The van der Waals surface area contributed by atoms with E-state index in [2.05, 4.69) is 0 Å². The Kier molecular flexibility index (Phi) is 3.36. The summed E-state index contributed by atoms with van der Waals surface area (Å²) in [4.78, 5) is 0. The number of halogens is 1. The lowest BCUT2D eigenvalue weighted by atomic mass is 9.55. The molecule has 0 bridgehead atoms. The number of rotatable bonds is 3. The molecule has 0 unspecified atom stereocenters. The van der Waals surface area contributed by atoms with Crippen LogP contribution in [0.1, 0.15) is 5.56 Å². The SMILES string of the molecule is COc1ccc(OC)c(B2OCc3cc(F)ccc32)c1. The zero-order chi connectivity index (χ0) is 14.1. The average Bonchev–Trinajstić information content (AvgIpc) is 2.89. The van der Waals surface area contributed by atoms with E-state index in [9.17, 15) is 4.39 Å². The number of fused-ring (bicyclic) bond motifs is 1. The smallest absolute Gasteiger partial charge is 0.366 e. The van der Waals surface area contributed by atoms with E-state index in [1.54, 1.807) is 20.3 Å². The molecule has 0 N–H and O–H groups in total. The third-order valence-corrected chi connectivity index (χ3v) is 3.51. The van der Waals surface area contributed by atoms with Gasteiger partial charge in [-0.25, -0.2) is 4.39 Å². The van der Waals surface area contributed by atoms with Crippen molar-refractivity contribution >= 4 is 17.8 Å². The molecule has 0 spiro atoms. The molecule has 1 aliphatic rings. The van der Waals surface area contributed by atoms with Crippen molar-refractivity contribution in [2.75, 3.05) is 14.2 Å². The highest BCUT2D eigenvalue weighted by atomic mass is 19.1. The summed E-state index contributed by atoms with van der Waals surface area (Å²) in [7, 11) is 3.23. The van der Waals surface area contributed by atoms with Crippen LogP contribution in [0.5, 0.6) is 11.5 Å². The zero-order valence-corrected chi connectivity index (χ0v) is 11.4. The largest absolute Gasteiger partial charge is 0.497 e. The molecule has 0 aliphatic carbocycles. The molecule has 1 aliphatic heterocycles. The Bertz CT molecular complexity index is 645. The van der Waals surface area contributed by atoms with Crippen LogP contribution in [0.4, 0.5) is 4.39 Å². The first-order valence-electron chi connectivity index (χ1n) is 6.35. The number of benzene rings is 2. The maximum Gasteiger partial charge on any atom is 0.366 e. The second-order valence-electron chi connectivity index (χ2n) is 4.64. The Hall–Kier alpha value is -2.01. The van der Waals surface area contributed by atoms with Crippen molar-refractivity contribution in [2.45, 2.75) is 6.61 Å². The maximum atomic E-state index is 13.3. The van der Waals surface area contributed by atoms with Gasteiger partial charge in [-0.15, -0.1) is 0 Å². The van der Waals surface area contributed by atoms with Crippen molar-refractivity contribution in [1.29, 1.82) is 0 Å². The summed E-state index contributed by atoms with van der Waals surface area (Å²) < 4.78 is 29.7. The van der Waals surface area contributed by atoms with E-state index in [1.165, 1.54) is 12.1 Å². The Morgan fingerprint density at radius 2 is 1.90 bits per heavy atom. The standard InChI is InChI=1S/C15H14BFO3/c1-18-12-4-6-15(19-2)14(8-12)16-13-5-3-11(17)7-10(13)9-20-16/h3-8H,9H2,1-2H3. The van der Waals surface area contributed by atoms with Crippen LogP contribution in [0.3, 0.4) is 0 Å². The molecule has 20 heavy (non-hydrogen) atoms.